The largest absolute Gasteiger partial charge is 0.486 e. The molecule has 31 heavy (non-hydrogen) atoms. The minimum Gasteiger partial charge on any atom is -0.486 e. The minimum absolute atomic E-state index is 0.122. The second-order valence-corrected chi connectivity index (χ2v) is 8.54. The summed E-state index contributed by atoms with van der Waals surface area (Å²) in [5, 5.41) is 3.81. The van der Waals surface area contributed by atoms with Crippen LogP contribution in [0.15, 0.2) is 42.5 Å². The highest BCUT2D eigenvalue weighted by molar-refractivity contribution is 5.69. The zero-order valence-electron chi connectivity index (χ0n) is 18.6. The third-order valence-electron chi connectivity index (χ3n) is 6.36. The highest BCUT2D eigenvalue weighted by Crippen LogP contribution is 2.37. The van der Waals surface area contributed by atoms with Crippen molar-refractivity contribution < 1.29 is 19.0 Å². The number of ether oxygens (including phenoxy) is 3. The van der Waals surface area contributed by atoms with E-state index in [-0.39, 0.29) is 12.0 Å². The number of fused-ring (bicyclic) bond motifs is 1. The molecule has 0 unspecified atom stereocenters. The molecule has 1 fully saturated rings. The van der Waals surface area contributed by atoms with Gasteiger partial charge in [-0.1, -0.05) is 30.3 Å². The Kier molecular flexibility index (Phi) is 7.13. The van der Waals surface area contributed by atoms with Gasteiger partial charge in [-0.25, -0.2) is 0 Å². The molecular formula is C26H33NO4. The summed E-state index contributed by atoms with van der Waals surface area (Å²) in [5.41, 5.74) is 3.83. The van der Waals surface area contributed by atoms with E-state index in [0.717, 1.165) is 24.3 Å². The van der Waals surface area contributed by atoms with Crippen molar-refractivity contribution in [3.63, 3.8) is 0 Å². The SMILES string of the molecule is CCOC(=O)CCc1ccc([C@H]2CC[C@H](N[C@H](C)c3ccc4c(c3)OCCO4)C2)cc1. The normalized spacial score (nSPS) is 21.0. The highest BCUT2D eigenvalue weighted by Gasteiger charge is 2.27. The van der Waals surface area contributed by atoms with Crippen molar-refractivity contribution in [1.29, 1.82) is 0 Å². The fourth-order valence-electron chi connectivity index (χ4n) is 4.65. The first-order valence-corrected chi connectivity index (χ1v) is 11.5. The molecule has 2 aromatic rings. The molecular weight excluding hydrogens is 390 g/mol. The van der Waals surface area contributed by atoms with Gasteiger partial charge in [0, 0.05) is 18.5 Å². The van der Waals surface area contributed by atoms with Gasteiger partial charge >= 0.3 is 5.97 Å². The number of aryl methyl sites for hydroxylation is 1. The maximum Gasteiger partial charge on any atom is 0.306 e. The molecule has 5 nitrogen and oxygen atoms in total. The Balaban J connectivity index is 1.28. The number of nitrogens with one attached hydrogen (secondary N) is 1. The average Bonchev–Trinajstić information content (AvgIpc) is 3.26. The van der Waals surface area contributed by atoms with Crippen LogP contribution in [0, 0.1) is 0 Å². The van der Waals surface area contributed by atoms with E-state index in [1.54, 1.807) is 0 Å². The molecule has 0 aromatic heterocycles. The summed E-state index contributed by atoms with van der Waals surface area (Å²) in [4.78, 5) is 11.5. The Bertz CT molecular complexity index is 879. The van der Waals surface area contributed by atoms with Gasteiger partial charge in [-0.15, -0.1) is 0 Å². The number of benzene rings is 2. The van der Waals surface area contributed by atoms with Crippen LogP contribution in [0.4, 0.5) is 0 Å². The van der Waals surface area contributed by atoms with Gasteiger partial charge in [-0.3, -0.25) is 4.79 Å². The third kappa shape index (κ3) is 5.59. The van der Waals surface area contributed by atoms with Gasteiger partial charge in [0.05, 0.1) is 6.61 Å². The van der Waals surface area contributed by atoms with Crippen LogP contribution in [-0.2, 0) is 16.0 Å². The lowest BCUT2D eigenvalue weighted by Crippen LogP contribution is -2.29. The predicted octanol–water partition coefficient (Wildman–Crippen LogP) is 4.94. The summed E-state index contributed by atoms with van der Waals surface area (Å²) in [6.07, 6.45) is 4.72. The van der Waals surface area contributed by atoms with Crippen LogP contribution in [0.1, 0.15) is 68.2 Å². The molecule has 0 amide bonds. The summed E-state index contributed by atoms with van der Waals surface area (Å²) in [5.74, 6) is 2.16. The third-order valence-corrected chi connectivity index (χ3v) is 6.36. The number of hydrogen-bond acceptors (Lipinski definition) is 5. The smallest absolute Gasteiger partial charge is 0.306 e. The molecule has 1 saturated carbocycles. The average molecular weight is 424 g/mol. The summed E-state index contributed by atoms with van der Waals surface area (Å²) in [6, 6.07) is 15.8. The molecule has 2 aromatic carbocycles. The fraction of sp³-hybridized carbons (Fsp3) is 0.500. The summed E-state index contributed by atoms with van der Waals surface area (Å²) >= 11 is 0. The van der Waals surface area contributed by atoms with Crippen LogP contribution in [0.3, 0.4) is 0 Å². The van der Waals surface area contributed by atoms with Gasteiger partial charge in [0.25, 0.3) is 0 Å². The Morgan fingerprint density at radius 3 is 2.65 bits per heavy atom. The van der Waals surface area contributed by atoms with Crippen molar-refractivity contribution in [2.24, 2.45) is 0 Å². The molecule has 0 saturated heterocycles. The second kappa shape index (κ2) is 10.2. The minimum atomic E-state index is -0.122. The van der Waals surface area contributed by atoms with Crippen molar-refractivity contribution in [2.45, 2.75) is 64.0 Å². The first-order valence-electron chi connectivity index (χ1n) is 11.5. The second-order valence-electron chi connectivity index (χ2n) is 8.54. The van der Waals surface area contributed by atoms with E-state index in [4.69, 9.17) is 14.2 Å². The molecule has 3 atom stereocenters. The maximum atomic E-state index is 11.5. The van der Waals surface area contributed by atoms with Gasteiger partial charge in [0.2, 0.25) is 0 Å². The Hall–Kier alpha value is -2.53. The van der Waals surface area contributed by atoms with Crippen molar-refractivity contribution >= 4 is 5.97 Å². The van der Waals surface area contributed by atoms with Crippen molar-refractivity contribution in [1.82, 2.24) is 5.32 Å². The quantitative estimate of drug-likeness (QED) is 0.610. The van der Waals surface area contributed by atoms with E-state index < -0.39 is 0 Å². The molecule has 1 N–H and O–H groups in total. The Morgan fingerprint density at radius 2 is 1.87 bits per heavy atom. The molecule has 1 aliphatic heterocycles. The molecule has 1 heterocycles. The van der Waals surface area contributed by atoms with Crippen LogP contribution in [-0.4, -0.2) is 31.8 Å². The van der Waals surface area contributed by atoms with Crippen LogP contribution < -0.4 is 14.8 Å². The topological polar surface area (TPSA) is 56.8 Å². The molecule has 4 rings (SSSR count). The zero-order chi connectivity index (χ0) is 21.6. The molecule has 0 spiro atoms. The number of esters is 1. The van der Waals surface area contributed by atoms with Crippen molar-refractivity contribution in [2.75, 3.05) is 19.8 Å². The number of carbonyl (C=O) groups is 1. The lowest BCUT2D eigenvalue weighted by atomic mass is 9.95. The lowest BCUT2D eigenvalue weighted by Gasteiger charge is -2.23. The van der Waals surface area contributed by atoms with Gasteiger partial charge in [-0.05, 0) is 74.3 Å². The monoisotopic (exact) mass is 423 g/mol. The van der Waals surface area contributed by atoms with Gasteiger partial charge in [-0.2, -0.15) is 0 Å². The Morgan fingerprint density at radius 1 is 1.10 bits per heavy atom. The summed E-state index contributed by atoms with van der Waals surface area (Å²) in [7, 11) is 0. The first-order chi connectivity index (χ1) is 15.1. The van der Waals surface area contributed by atoms with Gasteiger partial charge < -0.3 is 19.5 Å². The zero-order valence-corrected chi connectivity index (χ0v) is 18.6. The number of carbonyl (C=O) groups excluding carboxylic acids is 1. The van der Waals surface area contributed by atoms with Crippen molar-refractivity contribution in [3.8, 4) is 11.5 Å². The summed E-state index contributed by atoms with van der Waals surface area (Å²) < 4.78 is 16.4. The number of rotatable bonds is 8. The van der Waals surface area contributed by atoms with Gasteiger partial charge in [0.15, 0.2) is 11.5 Å². The standard InChI is InChI=1S/C26H33NO4/c1-3-29-26(28)13-6-19-4-7-20(8-5-19)22-9-11-23(16-22)27-18(2)21-10-12-24-25(17-21)31-15-14-30-24/h4-5,7-8,10,12,17-18,22-23,27H,3,6,9,11,13-16H2,1-2H3/t18-,22+,23+/m1/s1. The van der Waals surface area contributed by atoms with E-state index in [1.807, 2.05) is 13.0 Å². The Labute approximate surface area is 185 Å². The molecule has 0 bridgehead atoms. The molecule has 0 radical (unpaired) electrons. The molecule has 1 aliphatic carbocycles. The van der Waals surface area contributed by atoms with Crippen LogP contribution in [0.2, 0.25) is 0 Å². The van der Waals surface area contributed by atoms with E-state index in [2.05, 4.69) is 48.6 Å². The van der Waals surface area contributed by atoms with Crippen molar-refractivity contribution in [3.05, 3.63) is 59.2 Å². The van der Waals surface area contributed by atoms with E-state index >= 15 is 0 Å². The molecule has 166 valence electrons. The van der Waals surface area contributed by atoms with Crippen LogP contribution in [0.5, 0.6) is 11.5 Å². The summed E-state index contributed by atoms with van der Waals surface area (Å²) in [6.45, 7) is 5.74. The highest BCUT2D eigenvalue weighted by atomic mass is 16.6. The number of hydrogen-bond donors (Lipinski definition) is 1. The van der Waals surface area contributed by atoms with E-state index in [1.165, 1.54) is 29.5 Å². The van der Waals surface area contributed by atoms with E-state index in [9.17, 15) is 4.79 Å². The molecule has 2 aliphatic rings. The maximum absolute atomic E-state index is 11.5. The first kappa shape index (κ1) is 21.7. The van der Waals surface area contributed by atoms with Crippen LogP contribution >= 0.6 is 0 Å². The molecule has 5 heteroatoms. The predicted molar refractivity (Wildman–Crippen MR) is 121 cm³/mol. The fourth-order valence-corrected chi connectivity index (χ4v) is 4.65. The lowest BCUT2D eigenvalue weighted by molar-refractivity contribution is -0.143. The van der Waals surface area contributed by atoms with Crippen LogP contribution in [0.25, 0.3) is 0 Å². The van der Waals surface area contributed by atoms with Gasteiger partial charge in [0.1, 0.15) is 13.2 Å². The van der Waals surface area contributed by atoms with E-state index in [0.29, 0.717) is 38.2 Å².